The Labute approximate surface area is 101 Å². The lowest BCUT2D eigenvalue weighted by Gasteiger charge is -2.27. The van der Waals surface area contributed by atoms with E-state index in [1.54, 1.807) is 12.1 Å². The van der Waals surface area contributed by atoms with Crippen molar-refractivity contribution in [1.82, 2.24) is 0 Å². The van der Waals surface area contributed by atoms with Crippen molar-refractivity contribution in [2.24, 2.45) is 5.41 Å². The van der Waals surface area contributed by atoms with E-state index in [2.05, 4.69) is 5.32 Å². The van der Waals surface area contributed by atoms with Crippen LogP contribution in [0.25, 0.3) is 0 Å². The number of nitrogens with one attached hydrogen (secondary N) is 1. The Kier molecular flexibility index (Phi) is 2.83. The van der Waals surface area contributed by atoms with Gasteiger partial charge in [-0.1, -0.05) is 26.8 Å². The molecule has 0 saturated heterocycles. The fraction of sp³-hybridized carbons (Fsp3) is 0.462. The van der Waals surface area contributed by atoms with Gasteiger partial charge in [0.25, 0.3) is 5.91 Å². The summed E-state index contributed by atoms with van der Waals surface area (Å²) >= 11 is 0. The van der Waals surface area contributed by atoms with E-state index in [0.717, 1.165) is 5.56 Å². The zero-order chi connectivity index (χ0) is 12.6. The third-order valence-electron chi connectivity index (χ3n) is 2.77. The summed E-state index contributed by atoms with van der Waals surface area (Å²) in [6.07, 6.45) is -0.577. The Morgan fingerprint density at radius 3 is 2.76 bits per heavy atom. The van der Waals surface area contributed by atoms with Crippen LogP contribution in [-0.2, 0) is 4.79 Å². The number of hydrogen-bond donors (Lipinski definition) is 2. The lowest BCUT2D eigenvalue weighted by molar-refractivity contribution is -0.118. The first kappa shape index (κ1) is 11.9. The van der Waals surface area contributed by atoms with Gasteiger partial charge in [0.1, 0.15) is 5.75 Å². The summed E-state index contributed by atoms with van der Waals surface area (Å²) in [5.74, 6) is 0.481. The van der Waals surface area contributed by atoms with Crippen LogP contribution in [0, 0.1) is 5.41 Å². The van der Waals surface area contributed by atoms with Crippen molar-refractivity contribution in [2.45, 2.75) is 26.9 Å². The van der Waals surface area contributed by atoms with E-state index < -0.39 is 6.10 Å². The molecule has 0 fully saturated rings. The van der Waals surface area contributed by atoms with Crippen LogP contribution in [0.5, 0.6) is 5.75 Å². The normalized spacial score (nSPS) is 16.8. The summed E-state index contributed by atoms with van der Waals surface area (Å²) in [5, 5.41) is 12.9. The minimum atomic E-state index is -0.577. The Morgan fingerprint density at radius 2 is 2.12 bits per heavy atom. The van der Waals surface area contributed by atoms with Crippen LogP contribution in [0.15, 0.2) is 18.2 Å². The molecule has 1 aliphatic rings. The van der Waals surface area contributed by atoms with Crippen LogP contribution in [-0.4, -0.2) is 17.6 Å². The maximum absolute atomic E-state index is 11.2. The summed E-state index contributed by atoms with van der Waals surface area (Å²) in [5.41, 5.74) is 1.16. The van der Waals surface area contributed by atoms with Crippen molar-refractivity contribution in [2.75, 3.05) is 11.9 Å². The van der Waals surface area contributed by atoms with Crippen molar-refractivity contribution < 1.29 is 14.6 Å². The van der Waals surface area contributed by atoms with Crippen LogP contribution in [0.2, 0.25) is 0 Å². The first-order valence-electron chi connectivity index (χ1n) is 5.62. The number of fused-ring (bicyclic) bond motifs is 1. The molecule has 1 heterocycles. The second-order valence-corrected chi connectivity index (χ2v) is 5.36. The van der Waals surface area contributed by atoms with Gasteiger partial charge in [-0.25, -0.2) is 0 Å². The van der Waals surface area contributed by atoms with Crippen LogP contribution < -0.4 is 10.1 Å². The number of carbonyl (C=O) groups excluding carboxylic acids is 1. The Balaban J connectivity index is 2.33. The maximum Gasteiger partial charge on any atom is 0.262 e. The molecule has 1 aliphatic heterocycles. The number of amides is 1. The van der Waals surface area contributed by atoms with E-state index in [4.69, 9.17) is 4.74 Å². The lowest BCUT2D eigenvalue weighted by Crippen LogP contribution is -2.26. The monoisotopic (exact) mass is 235 g/mol. The molecule has 17 heavy (non-hydrogen) atoms. The number of benzene rings is 1. The minimum Gasteiger partial charge on any atom is -0.482 e. The van der Waals surface area contributed by atoms with Crippen LogP contribution in [0.4, 0.5) is 5.69 Å². The second-order valence-electron chi connectivity index (χ2n) is 5.36. The molecule has 1 amide bonds. The second kappa shape index (κ2) is 4.04. The number of rotatable bonds is 1. The number of anilines is 1. The van der Waals surface area contributed by atoms with E-state index >= 15 is 0 Å². The van der Waals surface area contributed by atoms with Gasteiger partial charge in [-0.3, -0.25) is 4.79 Å². The van der Waals surface area contributed by atoms with Crippen LogP contribution >= 0.6 is 0 Å². The van der Waals surface area contributed by atoms with E-state index in [9.17, 15) is 9.90 Å². The Hall–Kier alpha value is -1.55. The average Bonchev–Trinajstić information content (AvgIpc) is 2.25. The molecular weight excluding hydrogens is 218 g/mol. The maximum atomic E-state index is 11.2. The Bertz CT molecular complexity index is 448. The molecule has 92 valence electrons. The Morgan fingerprint density at radius 1 is 1.41 bits per heavy atom. The van der Waals surface area contributed by atoms with Crippen LogP contribution in [0.1, 0.15) is 32.4 Å². The molecule has 0 spiro atoms. The van der Waals surface area contributed by atoms with Crippen molar-refractivity contribution in [3.05, 3.63) is 23.8 Å². The molecule has 0 bridgehead atoms. The standard InChI is InChI=1S/C13H17NO3/c1-13(2,3)12(16)8-4-5-10-9(6-8)14-11(15)7-17-10/h4-6,12,16H,7H2,1-3H3,(H,14,15). The highest BCUT2D eigenvalue weighted by Crippen LogP contribution is 2.36. The van der Waals surface area contributed by atoms with E-state index in [-0.39, 0.29) is 17.9 Å². The zero-order valence-electron chi connectivity index (χ0n) is 10.3. The highest BCUT2D eigenvalue weighted by molar-refractivity contribution is 5.95. The van der Waals surface area contributed by atoms with E-state index in [1.165, 1.54) is 0 Å². The van der Waals surface area contributed by atoms with Gasteiger partial charge >= 0.3 is 0 Å². The summed E-state index contributed by atoms with van der Waals surface area (Å²) in [6, 6.07) is 5.37. The fourth-order valence-electron chi connectivity index (χ4n) is 1.77. The topological polar surface area (TPSA) is 58.6 Å². The molecule has 1 aromatic rings. The lowest BCUT2D eigenvalue weighted by atomic mass is 9.84. The van der Waals surface area contributed by atoms with Crippen molar-refractivity contribution in [3.8, 4) is 5.75 Å². The molecule has 4 nitrogen and oxygen atoms in total. The number of hydrogen-bond acceptors (Lipinski definition) is 3. The van der Waals surface area contributed by atoms with Crippen LogP contribution in [0.3, 0.4) is 0 Å². The molecule has 0 aromatic heterocycles. The van der Waals surface area contributed by atoms with Gasteiger partial charge in [0, 0.05) is 0 Å². The molecule has 4 heteroatoms. The largest absolute Gasteiger partial charge is 0.482 e. The quantitative estimate of drug-likeness (QED) is 0.783. The number of carbonyl (C=O) groups is 1. The molecule has 1 unspecified atom stereocenters. The van der Waals surface area contributed by atoms with Gasteiger partial charge in [0.2, 0.25) is 0 Å². The molecule has 2 rings (SSSR count). The molecule has 1 atom stereocenters. The molecule has 0 radical (unpaired) electrons. The average molecular weight is 235 g/mol. The smallest absolute Gasteiger partial charge is 0.262 e. The summed E-state index contributed by atoms with van der Waals surface area (Å²) in [4.78, 5) is 11.2. The van der Waals surface area contributed by atoms with Gasteiger partial charge in [-0.15, -0.1) is 0 Å². The number of aliphatic hydroxyl groups is 1. The number of aliphatic hydroxyl groups excluding tert-OH is 1. The third kappa shape index (κ3) is 2.42. The predicted molar refractivity (Wildman–Crippen MR) is 65.0 cm³/mol. The minimum absolute atomic E-state index is 0.0498. The highest BCUT2D eigenvalue weighted by Gasteiger charge is 2.25. The van der Waals surface area contributed by atoms with Crippen molar-refractivity contribution in [1.29, 1.82) is 0 Å². The first-order chi connectivity index (χ1) is 7.88. The van der Waals surface area contributed by atoms with Crippen molar-refractivity contribution in [3.63, 3.8) is 0 Å². The molecule has 1 aromatic carbocycles. The molecular formula is C13H17NO3. The molecule has 0 aliphatic carbocycles. The molecule has 0 saturated carbocycles. The van der Waals surface area contributed by atoms with E-state index in [1.807, 2.05) is 26.8 Å². The molecule has 2 N–H and O–H groups in total. The fourth-order valence-corrected chi connectivity index (χ4v) is 1.77. The van der Waals surface area contributed by atoms with Gasteiger partial charge in [-0.05, 0) is 23.1 Å². The predicted octanol–water partition coefficient (Wildman–Crippen LogP) is 2.10. The summed E-state index contributed by atoms with van der Waals surface area (Å²) in [7, 11) is 0. The summed E-state index contributed by atoms with van der Waals surface area (Å²) in [6.45, 7) is 5.94. The van der Waals surface area contributed by atoms with Gasteiger partial charge < -0.3 is 15.2 Å². The van der Waals surface area contributed by atoms with Gasteiger partial charge in [0.05, 0.1) is 11.8 Å². The van der Waals surface area contributed by atoms with E-state index in [0.29, 0.717) is 11.4 Å². The zero-order valence-corrected chi connectivity index (χ0v) is 10.3. The highest BCUT2D eigenvalue weighted by atomic mass is 16.5. The van der Waals surface area contributed by atoms with Gasteiger partial charge in [-0.2, -0.15) is 0 Å². The number of ether oxygens (including phenoxy) is 1. The first-order valence-corrected chi connectivity index (χ1v) is 5.62. The van der Waals surface area contributed by atoms with Gasteiger partial charge in [0.15, 0.2) is 6.61 Å². The third-order valence-corrected chi connectivity index (χ3v) is 2.77. The summed E-state index contributed by atoms with van der Waals surface area (Å²) < 4.78 is 5.26. The van der Waals surface area contributed by atoms with Crippen molar-refractivity contribution >= 4 is 11.6 Å². The SMILES string of the molecule is CC(C)(C)C(O)c1ccc2c(c1)NC(=O)CO2.